The van der Waals surface area contributed by atoms with E-state index in [1.807, 2.05) is 0 Å². The first kappa shape index (κ1) is 14.8. The Hall–Kier alpha value is -0.650. The van der Waals surface area contributed by atoms with Crippen LogP contribution in [0, 0.1) is 0 Å². The van der Waals surface area contributed by atoms with Gasteiger partial charge in [-0.3, -0.25) is 4.79 Å². The highest BCUT2D eigenvalue weighted by Crippen LogP contribution is 2.15. The van der Waals surface area contributed by atoms with Crippen molar-refractivity contribution in [3.8, 4) is 0 Å². The molecule has 2 unspecified atom stereocenters. The van der Waals surface area contributed by atoms with E-state index in [4.69, 9.17) is 4.74 Å². The molecule has 1 amide bonds. The van der Waals surface area contributed by atoms with E-state index >= 15 is 0 Å². The molecule has 5 nitrogen and oxygen atoms in total. The van der Waals surface area contributed by atoms with Gasteiger partial charge in [0.05, 0.1) is 13.2 Å². The van der Waals surface area contributed by atoms with Gasteiger partial charge >= 0.3 is 0 Å². The summed E-state index contributed by atoms with van der Waals surface area (Å²) in [4.78, 5) is 14.4. The Morgan fingerprint density at radius 1 is 1.47 bits per heavy atom. The summed E-state index contributed by atoms with van der Waals surface area (Å²) in [6.45, 7) is 7.35. The van der Waals surface area contributed by atoms with Crippen LogP contribution in [0.2, 0.25) is 0 Å². The van der Waals surface area contributed by atoms with E-state index in [2.05, 4.69) is 22.5 Å². The van der Waals surface area contributed by atoms with E-state index in [-0.39, 0.29) is 11.9 Å². The highest BCUT2D eigenvalue weighted by atomic mass is 16.5. The lowest BCUT2D eigenvalue weighted by molar-refractivity contribution is -0.125. The number of nitrogens with one attached hydrogen (secondary N) is 2. The molecular formula is C14H27N3O2. The SMILES string of the molecule is CC1CCCCN1CCCNC(=O)C1COCCN1. The lowest BCUT2D eigenvalue weighted by atomic mass is 10.0. The molecule has 0 spiro atoms. The zero-order chi connectivity index (χ0) is 13.5. The Balaban J connectivity index is 1.56. The zero-order valence-electron chi connectivity index (χ0n) is 12.0. The fourth-order valence-electron chi connectivity index (χ4n) is 2.84. The van der Waals surface area contributed by atoms with Crippen LogP contribution in [0.25, 0.3) is 0 Å². The number of carbonyl (C=O) groups excluding carboxylic acids is 1. The molecule has 0 aromatic carbocycles. The predicted molar refractivity (Wildman–Crippen MR) is 75.1 cm³/mol. The first-order valence-electron chi connectivity index (χ1n) is 7.60. The molecule has 19 heavy (non-hydrogen) atoms. The zero-order valence-corrected chi connectivity index (χ0v) is 12.0. The van der Waals surface area contributed by atoms with Crippen LogP contribution in [0.4, 0.5) is 0 Å². The van der Waals surface area contributed by atoms with E-state index in [1.54, 1.807) is 0 Å². The largest absolute Gasteiger partial charge is 0.378 e. The lowest BCUT2D eigenvalue weighted by Gasteiger charge is -2.33. The van der Waals surface area contributed by atoms with Crippen molar-refractivity contribution in [1.29, 1.82) is 0 Å². The Morgan fingerprint density at radius 3 is 3.11 bits per heavy atom. The number of amides is 1. The van der Waals surface area contributed by atoms with Crippen molar-refractivity contribution in [3.05, 3.63) is 0 Å². The Morgan fingerprint density at radius 2 is 2.37 bits per heavy atom. The minimum atomic E-state index is -0.164. The Labute approximate surface area is 116 Å². The molecule has 2 N–H and O–H groups in total. The van der Waals surface area contributed by atoms with Crippen LogP contribution in [-0.4, -0.2) is 62.3 Å². The van der Waals surface area contributed by atoms with Gasteiger partial charge in [0, 0.05) is 25.7 Å². The fourth-order valence-corrected chi connectivity index (χ4v) is 2.84. The lowest BCUT2D eigenvalue weighted by Crippen LogP contribution is -2.51. The fraction of sp³-hybridized carbons (Fsp3) is 0.929. The van der Waals surface area contributed by atoms with Gasteiger partial charge in [0.25, 0.3) is 0 Å². The van der Waals surface area contributed by atoms with E-state index in [9.17, 15) is 4.79 Å². The number of piperidine rings is 1. The smallest absolute Gasteiger partial charge is 0.239 e. The number of carbonyl (C=O) groups is 1. The molecule has 2 aliphatic rings. The van der Waals surface area contributed by atoms with Crippen LogP contribution in [0.5, 0.6) is 0 Å². The van der Waals surface area contributed by atoms with Crippen LogP contribution in [-0.2, 0) is 9.53 Å². The number of morpholine rings is 1. The normalized spacial score (nSPS) is 29.1. The Bertz CT molecular complexity index is 280. The van der Waals surface area contributed by atoms with Gasteiger partial charge in [-0.05, 0) is 32.7 Å². The topological polar surface area (TPSA) is 53.6 Å². The van der Waals surface area contributed by atoms with Crippen molar-refractivity contribution >= 4 is 5.91 Å². The maximum absolute atomic E-state index is 11.8. The van der Waals surface area contributed by atoms with Gasteiger partial charge in [0.2, 0.25) is 5.91 Å². The predicted octanol–water partition coefficient (Wildman–Crippen LogP) is 0.356. The molecule has 5 heteroatoms. The number of nitrogens with zero attached hydrogens (tertiary/aromatic N) is 1. The highest BCUT2D eigenvalue weighted by Gasteiger charge is 2.21. The number of hydrogen-bond acceptors (Lipinski definition) is 4. The monoisotopic (exact) mass is 269 g/mol. The van der Waals surface area contributed by atoms with E-state index < -0.39 is 0 Å². The summed E-state index contributed by atoms with van der Waals surface area (Å²) in [6.07, 6.45) is 5.03. The highest BCUT2D eigenvalue weighted by molar-refractivity contribution is 5.81. The first-order chi connectivity index (χ1) is 9.27. The molecular weight excluding hydrogens is 242 g/mol. The molecule has 110 valence electrons. The maximum atomic E-state index is 11.8. The van der Waals surface area contributed by atoms with Crippen molar-refractivity contribution in [2.75, 3.05) is 39.4 Å². The summed E-state index contributed by atoms with van der Waals surface area (Å²) in [5.41, 5.74) is 0. The van der Waals surface area contributed by atoms with Crippen molar-refractivity contribution in [2.24, 2.45) is 0 Å². The van der Waals surface area contributed by atoms with Crippen LogP contribution < -0.4 is 10.6 Å². The Kier molecular flexibility index (Phi) is 6.07. The van der Waals surface area contributed by atoms with Gasteiger partial charge < -0.3 is 20.3 Å². The molecule has 0 aliphatic carbocycles. The minimum absolute atomic E-state index is 0.0754. The summed E-state index contributed by atoms with van der Waals surface area (Å²) in [6, 6.07) is 0.542. The van der Waals surface area contributed by atoms with Gasteiger partial charge in [0.15, 0.2) is 0 Å². The van der Waals surface area contributed by atoms with Crippen LogP contribution >= 0.6 is 0 Å². The van der Waals surface area contributed by atoms with E-state index in [0.717, 1.165) is 26.1 Å². The average Bonchev–Trinajstić information content (AvgIpc) is 2.46. The number of likely N-dealkylation sites (tertiary alicyclic amines) is 1. The second-order valence-electron chi connectivity index (χ2n) is 5.61. The van der Waals surface area contributed by atoms with Gasteiger partial charge in [0.1, 0.15) is 6.04 Å². The summed E-state index contributed by atoms with van der Waals surface area (Å²) in [7, 11) is 0. The third-order valence-corrected chi connectivity index (χ3v) is 4.10. The first-order valence-corrected chi connectivity index (χ1v) is 7.60. The van der Waals surface area contributed by atoms with Gasteiger partial charge in [-0.1, -0.05) is 6.42 Å². The molecule has 0 aromatic rings. The maximum Gasteiger partial charge on any atom is 0.239 e. The number of ether oxygens (including phenoxy) is 1. The van der Waals surface area contributed by atoms with Gasteiger partial charge in [-0.2, -0.15) is 0 Å². The van der Waals surface area contributed by atoms with Crippen molar-refractivity contribution < 1.29 is 9.53 Å². The second kappa shape index (κ2) is 7.82. The third-order valence-electron chi connectivity index (χ3n) is 4.10. The summed E-state index contributed by atoms with van der Waals surface area (Å²) in [5, 5.41) is 6.17. The van der Waals surface area contributed by atoms with Crippen LogP contribution in [0.3, 0.4) is 0 Å². The van der Waals surface area contributed by atoms with Gasteiger partial charge in [-0.25, -0.2) is 0 Å². The van der Waals surface area contributed by atoms with Crippen molar-refractivity contribution in [1.82, 2.24) is 15.5 Å². The summed E-state index contributed by atoms with van der Waals surface area (Å²) >= 11 is 0. The van der Waals surface area contributed by atoms with Crippen LogP contribution in [0.15, 0.2) is 0 Å². The molecule has 2 heterocycles. The average molecular weight is 269 g/mol. The molecule has 2 fully saturated rings. The molecule has 0 saturated carbocycles. The molecule has 2 rings (SSSR count). The second-order valence-corrected chi connectivity index (χ2v) is 5.61. The molecule has 0 bridgehead atoms. The number of rotatable bonds is 5. The van der Waals surface area contributed by atoms with Crippen molar-refractivity contribution in [3.63, 3.8) is 0 Å². The van der Waals surface area contributed by atoms with E-state index in [1.165, 1.54) is 25.8 Å². The minimum Gasteiger partial charge on any atom is -0.378 e. The summed E-state index contributed by atoms with van der Waals surface area (Å²) < 4.78 is 5.29. The summed E-state index contributed by atoms with van der Waals surface area (Å²) in [5.74, 6) is 0.0754. The van der Waals surface area contributed by atoms with Gasteiger partial charge in [-0.15, -0.1) is 0 Å². The quantitative estimate of drug-likeness (QED) is 0.708. The molecule has 2 atom stereocenters. The van der Waals surface area contributed by atoms with E-state index in [0.29, 0.717) is 19.3 Å². The van der Waals surface area contributed by atoms with Crippen molar-refractivity contribution in [2.45, 2.75) is 44.7 Å². The molecule has 0 radical (unpaired) electrons. The standard InChI is InChI=1S/C14H27N3O2/c1-12-5-2-3-8-17(12)9-4-6-16-14(18)13-11-19-10-7-15-13/h12-13,15H,2-11H2,1H3,(H,16,18). The number of hydrogen-bond donors (Lipinski definition) is 2. The van der Waals surface area contributed by atoms with Crippen LogP contribution in [0.1, 0.15) is 32.6 Å². The third kappa shape index (κ3) is 4.75. The molecule has 2 aliphatic heterocycles. The molecule has 0 aromatic heterocycles. The molecule has 2 saturated heterocycles.